The average Bonchev–Trinajstić information content (AvgIpc) is 2.49. The Balaban J connectivity index is 1.65. The van der Waals surface area contributed by atoms with Gasteiger partial charge in [-0.25, -0.2) is 0 Å². The van der Waals surface area contributed by atoms with Crippen molar-refractivity contribution in [2.45, 2.75) is 6.92 Å². The quantitative estimate of drug-likeness (QED) is 0.581. The van der Waals surface area contributed by atoms with Gasteiger partial charge in [-0.15, -0.1) is 0 Å². The second kappa shape index (κ2) is 7.97. The number of likely N-dealkylation sites (N-methyl/N-ethyl adjacent to an activating group) is 1. The molecule has 0 bridgehead atoms. The van der Waals surface area contributed by atoms with Crippen molar-refractivity contribution in [2.75, 3.05) is 70.4 Å². The van der Waals surface area contributed by atoms with E-state index in [9.17, 15) is 0 Å². The molecule has 0 spiro atoms. The fourth-order valence-electron chi connectivity index (χ4n) is 2.53. The van der Waals surface area contributed by atoms with E-state index in [2.05, 4.69) is 26.6 Å². The second-order valence-corrected chi connectivity index (χ2v) is 6.34. The van der Waals surface area contributed by atoms with Gasteiger partial charge in [-0.3, -0.25) is 9.89 Å². The zero-order valence-corrected chi connectivity index (χ0v) is 12.9. The summed E-state index contributed by atoms with van der Waals surface area (Å²) in [5.74, 6) is 3.09. The highest BCUT2D eigenvalue weighted by atomic mass is 32.2. The van der Waals surface area contributed by atoms with Crippen LogP contribution in [-0.2, 0) is 0 Å². The van der Waals surface area contributed by atoms with E-state index in [0.717, 1.165) is 32.1 Å². The van der Waals surface area contributed by atoms with Crippen molar-refractivity contribution in [1.29, 1.82) is 0 Å². The number of hydrogen-bond donors (Lipinski definition) is 1. The van der Waals surface area contributed by atoms with Crippen LogP contribution in [0.25, 0.3) is 0 Å². The molecular weight excluding hydrogens is 258 g/mol. The van der Waals surface area contributed by atoms with Gasteiger partial charge in [-0.2, -0.15) is 11.8 Å². The molecule has 2 aliphatic heterocycles. The zero-order chi connectivity index (χ0) is 13.5. The number of piperazine rings is 1. The molecule has 19 heavy (non-hydrogen) atoms. The molecule has 0 amide bonds. The van der Waals surface area contributed by atoms with Crippen molar-refractivity contribution in [2.24, 2.45) is 10.7 Å². The Bertz CT molecular complexity index is 283. The largest absolute Gasteiger partial charge is 0.370 e. The summed E-state index contributed by atoms with van der Waals surface area (Å²) in [4.78, 5) is 11.7. The maximum atomic E-state index is 6.05. The minimum Gasteiger partial charge on any atom is -0.370 e. The summed E-state index contributed by atoms with van der Waals surface area (Å²) in [6.45, 7) is 12.1. The summed E-state index contributed by atoms with van der Waals surface area (Å²) >= 11 is 2.00. The SMILES string of the molecule is CCN1CCN(CCN=C(N)N2CCSCC2)CC1. The molecule has 0 saturated carbocycles. The molecular formula is C13H27N5S. The first kappa shape index (κ1) is 14.9. The summed E-state index contributed by atoms with van der Waals surface area (Å²) in [5, 5.41) is 0. The van der Waals surface area contributed by atoms with Crippen molar-refractivity contribution in [3.8, 4) is 0 Å². The zero-order valence-electron chi connectivity index (χ0n) is 12.1. The van der Waals surface area contributed by atoms with Gasteiger partial charge in [-0.1, -0.05) is 6.92 Å². The molecule has 6 heteroatoms. The molecule has 2 heterocycles. The number of hydrogen-bond acceptors (Lipinski definition) is 4. The fourth-order valence-corrected chi connectivity index (χ4v) is 3.43. The molecule has 0 radical (unpaired) electrons. The maximum absolute atomic E-state index is 6.05. The van der Waals surface area contributed by atoms with E-state index in [1.807, 2.05) is 11.8 Å². The predicted molar refractivity (Wildman–Crippen MR) is 83.9 cm³/mol. The fraction of sp³-hybridized carbons (Fsp3) is 0.923. The summed E-state index contributed by atoms with van der Waals surface area (Å²) in [5.41, 5.74) is 6.05. The Kier molecular flexibility index (Phi) is 6.26. The van der Waals surface area contributed by atoms with Gasteiger partial charge in [0.15, 0.2) is 5.96 Å². The van der Waals surface area contributed by atoms with Crippen LogP contribution in [0.1, 0.15) is 6.92 Å². The average molecular weight is 285 g/mol. The Hall–Kier alpha value is -0.460. The van der Waals surface area contributed by atoms with E-state index in [4.69, 9.17) is 5.73 Å². The predicted octanol–water partition coefficient (Wildman–Crippen LogP) is -0.0126. The number of nitrogens with zero attached hydrogens (tertiary/aromatic N) is 4. The Morgan fingerprint density at radius 1 is 1.05 bits per heavy atom. The molecule has 0 aromatic carbocycles. The molecule has 110 valence electrons. The van der Waals surface area contributed by atoms with E-state index >= 15 is 0 Å². The molecule has 2 fully saturated rings. The van der Waals surface area contributed by atoms with Crippen LogP contribution < -0.4 is 5.73 Å². The Labute approximate surface area is 121 Å². The third-order valence-corrected chi connectivity index (χ3v) is 4.88. The molecule has 0 aromatic heterocycles. The van der Waals surface area contributed by atoms with Crippen LogP contribution in [0.2, 0.25) is 0 Å². The molecule has 2 N–H and O–H groups in total. The molecule has 0 aliphatic carbocycles. The first-order chi connectivity index (χ1) is 9.29. The number of guanidine groups is 1. The van der Waals surface area contributed by atoms with Crippen molar-refractivity contribution in [3.05, 3.63) is 0 Å². The van der Waals surface area contributed by atoms with E-state index in [-0.39, 0.29) is 0 Å². The third kappa shape index (κ3) is 4.85. The summed E-state index contributed by atoms with van der Waals surface area (Å²) in [7, 11) is 0. The topological polar surface area (TPSA) is 48.1 Å². The summed E-state index contributed by atoms with van der Waals surface area (Å²) in [6.07, 6.45) is 0. The van der Waals surface area contributed by atoms with Gasteiger partial charge in [0.1, 0.15) is 0 Å². The van der Waals surface area contributed by atoms with E-state index in [1.165, 1.54) is 44.2 Å². The van der Waals surface area contributed by atoms with E-state index in [1.54, 1.807) is 0 Å². The Morgan fingerprint density at radius 3 is 2.32 bits per heavy atom. The minimum absolute atomic E-state index is 0.743. The lowest BCUT2D eigenvalue weighted by Crippen LogP contribution is -2.47. The van der Waals surface area contributed by atoms with Crippen LogP contribution in [0.5, 0.6) is 0 Å². The molecule has 2 saturated heterocycles. The number of thioether (sulfide) groups is 1. The summed E-state index contributed by atoms with van der Waals surface area (Å²) < 4.78 is 0. The number of rotatable bonds is 4. The second-order valence-electron chi connectivity index (χ2n) is 5.12. The molecule has 0 aromatic rings. The molecule has 0 unspecified atom stereocenters. The van der Waals surface area contributed by atoms with Gasteiger partial charge in [0.05, 0.1) is 6.54 Å². The Morgan fingerprint density at radius 2 is 1.68 bits per heavy atom. The van der Waals surface area contributed by atoms with Crippen LogP contribution >= 0.6 is 11.8 Å². The molecule has 2 aliphatic rings. The standard InChI is InChI=1S/C13H27N5S/c1-2-16-5-7-17(8-6-16)4-3-15-13(14)18-9-11-19-12-10-18/h2-12H2,1H3,(H2,14,15). The van der Waals surface area contributed by atoms with Crippen LogP contribution in [0.15, 0.2) is 4.99 Å². The van der Waals surface area contributed by atoms with Gasteiger partial charge >= 0.3 is 0 Å². The van der Waals surface area contributed by atoms with Crippen molar-refractivity contribution in [1.82, 2.24) is 14.7 Å². The number of nitrogens with two attached hydrogens (primary N) is 1. The van der Waals surface area contributed by atoms with Gasteiger partial charge < -0.3 is 15.5 Å². The van der Waals surface area contributed by atoms with Gasteiger partial charge in [-0.05, 0) is 6.54 Å². The smallest absolute Gasteiger partial charge is 0.191 e. The molecule has 2 rings (SSSR count). The number of aliphatic imine (C=N–C) groups is 1. The first-order valence-corrected chi connectivity index (χ1v) is 8.52. The lowest BCUT2D eigenvalue weighted by Gasteiger charge is -2.33. The van der Waals surface area contributed by atoms with Crippen molar-refractivity contribution < 1.29 is 0 Å². The third-order valence-electron chi connectivity index (χ3n) is 3.94. The normalized spacial score (nSPS) is 23.8. The lowest BCUT2D eigenvalue weighted by molar-refractivity contribution is 0.140. The highest BCUT2D eigenvalue weighted by Gasteiger charge is 2.15. The lowest BCUT2D eigenvalue weighted by atomic mass is 10.3. The van der Waals surface area contributed by atoms with Crippen LogP contribution in [0, 0.1) is 0 Å². The van der Waals surface area contributed by atoms with Crippen molar-refractivity contribution >= 4 is 17.7 Å². The minimum atomic E-state index is 0.743. The van der Waals surface area contributed by atoms with Crippen LogP contribution in [0.4, 0.5) is 0 Å². The highest BCUT2D eigenvalue weighted by Crippen LogP contribution is 2.08. The van der Waals surface area contributed by atoms with Crippen molar-refractivity contribution in [3.63, 3.8) is 0 Å². The summed E-state index contributed by atoms with van der Waals surface area (Å²) in [6, 6.07) is 0. The van der Waals surface area contributed by atoms with E-state index < -0.39 is 0 Å². The first-order valence-electron chi connectivity index (χ1n) is 7.37. The highest BCUT2D eigenvalue weighted by molar-refractivity contribution is 7.99. The van der Waals surface area contributed by atoms with Gasteiger partial charge in [0.2, 0.25) is 0 Å². The molecule has 5 nitrogen and oxygen atoms in total. The molecule has 0 atom stereocenters. The van der Waals surface area contributed by atoms with Crippen LogP contribution in [-0.4, -0.2) is 91.1 Å². The van der Waals surface area contributed by atoms with Gasteiger partial charge in [0, 0.05) is 57.3 Å². The monoisotopic (exact) mass is 285 g/mol. The van der Waals surface area contributed by atoms with E-state index in [0.29, 0.717) is 0 Å². The maximum Gasteiger partial charge on any atom is 0.191 e. The van der Waals surface area contributed by atoms with Gasteiger partial charge in [0.25, 0.3) is 0 Å². The van der Waals surface area contributed by atoms with Crippen LogP contribution in [0.3, 0.4) is 0 Å².